The molecule has 2 unspecified atom stereocenters. The highest BCUT2D eigenvalue weighted by molar-refractivity contribution is 7.80. The minimum Gasteiger partial charge on any atom is -0.389 e. The van der Waals surface area contributed by atoms with Gasteiger partial charge in [0.2, 0.25) is 5.91 Å². The fourth-order valence-corrected chi connectivity index (χ4v) is 2.03. The topological polar surface area (TPSA) is 46.3 Å². The van der Waals surface area contributed by atoms with Gasteiger partial charge >= 0.3 is 0 Å². The standard InChI is InChI=1S/C13H16N2OS/c1-8-7-11(8)13(16)15(2)10-5-3-9(4-6-10)12(14)17/h3-6,8,11H,7H2,1-2H3,(H2,14,17). The lowest BCUT2D eigenvalue weighted by molar-refractivity contribution is -0.119. The van der Waals surface area contributed by atoms with E-state index in [0.29, 0.717) is 10.9 Å². The quantitative estimate of drug-likeness (QED) is 0.832. The first-order valence-electron chi connectivity index (χ1n) is 5.68. The van der Waals surface area contributed by atoms with Crippen LogP contribution in [0.25, 0.3) is 0 Å². The van der Waals surface area contributed by atoms with Crippen LogP contribution in [-0.2, 0) is 4.79 Å². The van der Waals surface area contributed by atoms with E-state index in [1.54, 1.807) is 4.90 Å². The maximum Gasteiger partial charge on any atom is 0.230 e. The maximum atomic E-state index is 12.0. The number of anilines is 1. The molecule has 0 radical (unpaired) electrons. The smallest absolute Gasteiger partial charge is 0.230 e. The van der Waals surface area contributed by atoms with Crippen LogP contribution in [0.2, 0.25) is 0 Å². The molecule has 1 aliphatic carbocycles. The highest BCUT2D eigenvalue weighted by Crippen LogP contribution is 2.39. The molecule has 0 aliphatic heterocycles. The zero-order chi connectivity index (χ0) is 12.6. The molecular weight excluding hydrogens is 232 g/mol. The number of nitrogens with two attached hydrogens (primary N) is 1. The first-order chi connectivity index (χ1) is 8.00. The Hall–Kier alpha value is -1.42. The number of benzene rings is 1. The summed E-state index contributed by atoms with van der Waals surface area (Å²) in [5, 5.41) is 0. The predicted molar refractivity (Wildman–Crippen MR) is 73.0 cm³/mol. The third-order valence-corrected chi connectivity index (χ3v) is 3.53. The summed E-state index contributed by atoms with van der Waals surface area (Å²) in [4.78, 5) is 14.1. The summed E-state index contributed by atoms with van der Waals surface area (Å²) in [6.45, 7) is 2.10. The third-order valence-electron chi connectivity index (χ3n) is 3.30. The fraction of sp³-hybridized carbons (Fsp3) is 0.385. The van der Waals surface area contributed by atoms with Crippen molar-refractivity contribution in [3.05, 3.63) is 29.8 Å². The van der Waals surface area contributed by atoms with Crippen molar-refractivity contribution in [2.45, 2.75) is 13.3 Å². The van der Waals surface area contributed by atoms with Gasteiger partial charge in [-0.25, -0.2) is 0 Å². The predicted octanol–water partition coefficient (Wildman–Crippen LogP) is 1.94. The van der Waals surface area contributed by atoms with Crippen molar-refractivity contribution >= 4 is 28.8 Å². The van der Waals surface area contributed by atoms with Crippen LogP contribution in [0.3, 0.4) is 0 Å². The number of thiocarbonyl (C=S) groups is 1. The summed E-state index contributed by atoms with van der Waals surface area (Å²) >= 11 is 4.89. The van der Waals surface area contributed by atoms with Gasteiger partial charge in [0.15, 0.2) is 0 Å². The molecule has 1 amide bonds. The molecule has 3 nitrogen and oxygen atoms in total. The minimum absolute atomic E-state index is 0.195. The monoisotopic (exact) mass is 248 g/mol. The second-order valence-corrected chi connectivity index (χ2v) is 5.07. The van der Waals surface area contributed by atoms with E-state index in [2.05, 4.69) is 6.92 Å². The maximum absolute atomic E-state index is 12.0. The third kappa shape index (κ3) is 2.47. The van der Waals surface area contributed by atoms with Crippen molar-refractivity contribution in [1.82, 2.24) is 0 Å². The number of hydrogen-bond donors (Lipinski definition) is 1. The average molecular weight is 248 g/mol. The van der Waals surface area contributed by atoms with Gasteiger partial charge in [0.25, 0.3) is 0 Å². The van der Waals surface area contributed by atoms with Crippen molar-refractivity contribution in [3.8, 4) is 0 Å². The van der Waals surface area contributed by atoms with Crippen LogP contribution >= 0.6 is 12.2 Å². The molecule has 17 heavy (non-hydrogen) atoms. The summed E-state index contributed by atoms with van der Waals surface area (Å²) in [7, 11) is 1.81. The van der Waals surface area contributed by atoms with Crippen LogP contribution < -0.4 is 10.6 Å². The molecular formula is C13H16N2OS. The van der Waals surface area contributed by atoms with E-state index in [1.165, 1.54) is 0 Å². The Morgan fingerprint density at radius 1 is 1.41 bits per heavy atom. The van der Waals surface area contributed by atoms with Crippen LogP contribution in [0.1, 0.15) is 18.9 Å². The average Bonchev–Trinajstić information content (AvgIpc) is 3.04. The van der Waals surface area contributed by atoms with Gasteiger partial charge in [-0.2, -0.15) is 0 Å². The first-order valence-corrected chi connectivity index (χ1v) is 6.09. The van der Waals surface area contributed by atoms with Crippen molar-refractivity contribution in [3.63, 3.8) is 0 Å². The van der Waals surface area contributed by atoms with Crippen LogP contribution in [-0.4, -0.2) is 17.9 Å². The second-order valence-electron chi connectivity index (χ2n) is 4.63. The van der Waals surface area contributed by atoms with Gasteiger partial charge in [-0.3, -0.25) is 4.79 Å². The van der Waals surface area contributed by atoms with E-state index in [0.717, 1.165) is 17.7 Å². The zero-order valence-corrected chi connectivity index (χ0v) is 10.8. The summed E-state index contributed by atoms with van der Waals surface area (Å²) in [6.07, 6.45) is 1.01. The van der Waals surface area contributed by atoms with E-state index in [-0.39, 0.29) is 11.8 Å². The molecule has 4 heteroatoms. The highest BCUT2D eigenvalue weighted by Gasteiger charge is 2.40. The molecule has 2 atom stereocenters. The molecule has 1 fully saturated rings. The van der Waals surface area contributed by atoms with Gasteiger partial charge in [0, 0.05) is 24.2 Å². The molecule has 1 saturated carbocycles. The number of carbonyl (C=O) groups is 1. The van der Waals surface area contributed by atoms with Crippen LogP contribution in [0, 0.1) is 11.8 Å². The molecule has 0 bridgehead atoms. The Balaban J connectivity index is 2.11. The van der Waals surface area contributed by atoms with E-state index in [4.69, 9.17) is 18.0 Å². The molecule has 1 aromatic rings. The molecule has 0 saturated heterocycles. The van der Waals surface area contributed by atoms with E-state index >= 15 is 0 Å². The number of hydrogen-bond acceptors (Lipinski definition) is 2. The Kier molecular flexibility index (Phi) is 3.15. The normalized spacial score (nSPS) is 22.0. The lowest BCUT2D eigenvalue weighted by atomic mass is 10.2. The van der Waals surface area contributed by atoms with Gasteiger partial charge in [-0.05, 0) is 36.6 Å². The number of carbonyl (C=O) groups excluding carboxylic acids is 1. The Morgan fingerprint density at radius 3 is 2.35 bits per heavy atom. The largest absolute Gasteiger partial charge is 0.389 e. The van der Waals surface area contributed by atoms with Crippen molar-refractivity contribution < 1.29 is 4.79 Å². The lowest BCUT2D eigenvalue weighted by Gasteiger charge is -2.17. The summed E-state index contributed by atoms with van der Waals surface area (Å²) in [5.74, 6) is 0.927. The van der Waals surface area contributed by atoms with Gasteiger partial charge < -0.3 is 10.6 Å². The van der Waals surface area contributed by atoms with Gasteiger partial charge in [0.05, 0.1) is 0 Å². The number of nitrogens with zero attached hydrogens (tertiary/aromatic N) is 1. The minimum atomic E-state index is 0.195. The molecule has 0 heterocycles. The fourth-order valence-electron chi connectivity index (χ4n) is 1.89. The highest BCUT2D eigenvalue weighted by atomic mass is 32.1. The Morgan fingerprint density at radius 2 is 1.94 bits per heavy atom. The lowest BCUT2D eigenvalue weighted by Crippen LogP contribution is -2.28. The molecule has 1 aromatic carbocycles. The van der Waals surface area contributed by atoms with Gasteiger partial charge in [0.1, 0.15) is 4.99 Å². The Bertz CT molecular complexity index is 455. The van der Waals surface area contributed by atoms with Gasteiger partial charge in [-0.1, -0.05) is 19.1 Å². The van der Waals surface area contributed by atoms with E-state index < -0.39 is 0 Å². The SMILES string of the molecule is CC1CC1C(=O)N(C)c1ccc(C(N)=S)cc1. The summed E-state index contributed by atoms with van der Waals surface area (Å²) < 4.78 is 0. The molecule has 2 rings (SSSR count). The number of amides is 1. The van der Waals surface area contributed by atoms with Crippen molar-refractivity contribution in [1.29, 1.82) is 0 Å². The summed E-state index contributed by atoms with van der Waals surface area (Å²) in [5.41, 5.74) is 7.23. The van der Waals surface area contributed by atoms with Crippen molar-refractivity contribution in [2.24, 2.45) is 17.6 Å². The molecule has 90 valence electrons. The first kappa shape index (κ1) is 12.0. The molecule has 0 spiro atoms. The van der Waals surface area contributed by atoms with Crippen LogP contribution in [0.5, 0.6) is 0 Å². The Labute approximate surface area is 107 Å². The van der Waals surface area contributed by atoms with Crippen LogP contribution in [0.4, 0.5) is 5.69 Å². The zero-order valence-electron chi connectivity index (χ0n) is 10.0. The van der Waals surface area contributed by atoms with Crippen molar-refractivity contribution in [2.75, 3.05) is 11.9 Å². The van der Waals surface area contributed by atoms with E-state index in [1.807, 2.05) is 31.3 Å². The van der Waals surface area contributed by atoms with E-state index in [9.17, 15) is 4.79 Å². The second kappa shape index (κ2) is 4.45. The van der Waals surface area contributed by atoms with Crippen LogP contribution in [0.15, 0.2) is 24.3 Å². The summed E-state index contributed by atoms with van der Waals surface area (Å²) in [6, 6.07) is 7.44. The van der Waals surface area contributed by atoms with Gasteiger partial charge in [-0.15, -0.1) is 0 Å². The molecule has 1 aliphatic rings. The molecule has 0 aromatic heterocycles. The number of rotatable bonds is 3. The molecule has 2 N–H and O–H groups in total.